The van der Waals surface area contributed by atoms with Crippen LogP contribution in [0.1, 0.15) is 47.2 Å². The van der Waals surface area contributed by atoms with Crippen molar-refractivity contribution in [3.63, 3.8) is 0 Å². The van der Waals surface area contributed by atoms with Gasteiger partial charge in [0, 0.05) is 50.2 Å². The van der Waals surface area contributed by atoms with Crippen LogP contribution in [0, 0.1) is 0 Å². The van der Waals surface area contributed by atoms with Gasteiger partial charge in [0.25, 0.3) is 11.8 Å². The predicted octanol–water partition coefficient (Wildman–Crippen LogP) is 2.98. The molecule has 6 nitrogen and oxygen atoms in total. The summed E-state index contributed by atoms with van der Waals surface area (Å²) in [7, 11) is 1.63. The molecule has 2 aliphatic rings. The maximum atomic E-state index is 13.4. The van der Waals surface area contributed by atoms with Crippen LogP contribution < -0.4 is 5.69 Å². The minimum absolute atomic E-state index is 0.0843. The van der Waals surface area contributed by atoms with Crippen LogP contribution >= 0.6 is 0 Å². The summed E-state index contributed by atoms with van der Waals surface area (Å²) in [4.78, 5) is 26.2. The van der Waals surface area contributed by atoms with Gasteiger partial charge in [-0.3, -0.25) is 9.20 Å². The number of aromatic nitrogens is 3. The van der Waals surface area contributed by atoms with Gasteiger partial charge in [0.05, 0.1) is 0 Å². The quantitative estimate of drug-likeness (QED) is 0.665. The lowest BCUT2D eigenvalue weighted by atomic mass is 9.88. The number of benzene rings is 1. The molecule has 1 amide bonds. The highest BCUT2D eigenvalue weighted by Crippen LogP contribution is 2.53. The van der Waals surface area contributed by atoms with Crippen molar-refractivity contribution in [3.8, 4) is 0 Å². The average Bonchev–Trinajstić information content (AvgIpc) is 3.50. The number of likely N-dealkylation sites (tertiary alicyclic amines) is 1. The van der Waals surface area contributed by atoms with Crippen molar-refractivity contribution in [2.24, 2.45) is 7.05 Å². The first-order valence-electron chi connectivity index (χ1n) is 10.1. The smallest absolute Gasteiger partial charge is 0.338 e. The Morgan fingerprint density at radius 2 is 1.67 bits per heavy atom. The third kappa shape index (κ3) is 3.02. The van der Waals surface area contributed by atoms with Gasteiger partial charge in [0.1, 0.15) is 0 Å². The van der Waals surface area contributed by atoms with Gasteiger partial charge in [0.2, 0.25) is 0 Å². The number of amides is 1. The molecular formula is C22H22F2N4O2. The summed E-state index contributed by atoms with van der Waals surface area (Å²) in [6, 6.07) is 11.4. The lowest BCUT2D eigenvalue weighted by Crippen LogP contribution is -2.42. The molecule has 0 bridgehead atoms. The van der Waals surface area contributed by atoms with E-state index in [1.54, 1.807) is 25.4 Å². The molecule has 5 rings (SSSR count). The van der Waals surface area contributed by atoms with Crippen LogP contribution in [-0.2, 0) is 12.5 Å². The summed E-state index contributed by atoms with van der Waals surface area (Å²) in [5, 5.41) is 4.27. The van der Waals surface area contributed by atoms with Gasteiger partial charge in [-0.05, 0) is 48.2 Å². The number of pyridine rings is 1. The third-order valence-corrected chi connectivity index (χ3v) is 6.44. The number of halogens is 2. The van der Waals surface area contributed by atoms with Gasteiger partial charge in [-0.2, -0.15) is 5.10 Å². The topological polar surface area (TPSA) is 59.6 Å². The van der Waals surface area contributed by atoms with Gasteiger partial charge >= 0.3 is 5.69 Å². The van der Waals surface area contributed by atoms with Gasteiger partial charge < -0.3 is 4.90 Å². The molecule has 1 aliphatic carbocycles. The zero-order valence-electron chi connectivity index (χ0n) is 16.6. The van der Waals surface area contributed by atoms with Crippen LogP contribution in [0.15, 0.2) is 47.4 Å². The van der Waals surface area contributed by atoms with Gasteiger partial charge in [0.15, 0.2) is 5.65 Å². The number of hydrogen-bond donors (Lipinski definition) is 0. The predicted molar refractivity (Wildman–Crippen MR) is 107 cm³/mol. The normalized spacial score (nSPS) is 19.8. The number of carbonyl (C=O) groups is 1. The molecule has 1 saturated carbocycles. The Kier molecular flexibility index (Phi) is 4.10. The largest absolute Gasteiger partial charge is 0.350 e. The molecular weight excluding hydrogens is 390 g/mol. The van der Waals surface area contributed by atoms with Crippen LogP contribution in [0.2, 0.25) is 0 Å². The molecule has 156 valence electrons. The summed E-state index contributed by atoms with van der Waals surface area (Å²) in [5.41, 5.74) is 3.01. The molecule has 2 aromatic heterocycles. The lowest BCUT2D eigenvalue weighted by Gasteiger charge is -2.31. The second-order valence-corrected chi connectivity index (χ2v) is 8.36. The first kappa shape index (κ1) is 19.0. The Morgan fingerprint density at radius 3 is 2.30 bits per heavy atom. The summed E-state index contributed by atoms with van der Waals surface area (Å²) in [6.07, 6.45) is 3.16. The maximum absolute atomic E-state index is 13.4. The van der Waals surface area contributed by atoms with Crippen molar-refractivity contribution in [1.29, 1.82) is 0 Å². The Labute approximate surface area is 171 Å². The maximum Gasteiger partial charge on any atom is 0.350 e. The molecule has 8 heteroatoms. The second kappa shape index (κ2) is 6.48. The van der Waals surface area contributed by atoms with E-state index in [0.29, 0.717) is 11.2 Å². The molecule has 1 aromatic carbocycles. The van der Waals surface area contributed by atoms with Crippen LogP contribution in [0.5, 0.6) is 0 Å². The lowest BCUT2D eigenvalue weighted by molar-refractivity contribution is -0.0494. The molecule has 3 heterocycles. The molecule has 1 saturated heterocycles. The molecule has 0 spiro atoms. The van der Waals surface area contributed by atoms with E-state index in [9.17, 15) is 18.4 Å². The molecule has 3 aromatic rings. The second-order valence-electron chi connectivity index (χ2n) is 8.36. The van der Waals surface area contributed by atoms with E-state index in [1.165, 1.54) is 14.0 Å². The first-order valence-corrected chi connectivity index (χ1v) is 10.1. The fraction of sp³-hybridized carbons (Fsp3) is 0.409. The summed E-state index contributed by atoms with van der Waals surface area (Å²) < 4.78 is 29.5. The Bertz CT molecular complexity index is 1180. The highest BCUT2D eigenvalue weighted by atomic mass is 19.3. The SMILES string of the molecule is Cn1nc2cc(C3(c4ccc(C(=O)N5CCC(F)(F)CC5)cc4)CC3)ccn2c1=O. The molecule has 0 N–H and O–H groups in total. The number of alkyl halides is 2. The molecule has 1 aliphatic heterocycles. The minimum atomic E-state index is -2.67. The van der Waals surface area contributed by atoms with Crippen molar-refractivity contribution in [2.75, 3.05) is 13.1 Å². The molecule has 0 unspecified atom stereocenters. The number of carbonyl (C=O) groups excluding carboxylic acids is 1. The van der Waals surface area contributed by atoms with Crippen molar-refractivity contribution < 1.29 is 13.6 Å². The standard InChI is InChI=1S/C22H22F2N4O2/c1-26-20(30)28-11-6-17(14-18(28)25-26)21(7-8-21)16-4-2-15(3-5-16)19(29)27-12-9-22(23,24)10-13-27/h2-6,11,14H,7-10,12-13H2,1H3. The average molecular weight is 412 g/mol. The summed E-state index contributed by atoms with van der Waals surface area (Å²) >= 11 is 0. The van der Waals surface area contributed by atoms with Crippen molar-refractivity contribution in [2.45, 2.75) is 37.0 Å². The number of piperidine rings is 1. The van der Waals surface area contributed by atoms with Crippen molar-refractivity contribution in [1.82, 2.24) is 19.1 Å². The van der Waals surface area contributed by atoms with Gasteiger partial charge in [-0.25, -0.2) is 18.3 Å². The van der Waals surface area contributed by atoms with E-state index in [4.69, 9.17) is 0 Å². The van der Waals surface area contributed by atoms with Gasteiger partial charge in [-0.1, -0.05) is 12.1 Å². The van der Waals surface area contributed by atoms with E-state index in [0.717, 1.165) is 24.0 Å². The van der Waals surface area contributed by atoms with Crippen molar-refractivity contribution in [3.05, 3.63) is 69.8 Å². The Hall–Kier alpha value is -3.03. The fourth-order valence-corrected chi connectivity index (χ4v) is 4.40. The zero-order chi connectivity index (χ0) is 21.1. The van der Waals surface area contributed by atoms with E-state index in [1.807, 2.05) is 24.3 Å². The highest BCUT2D eigenvalue weighted by Gasteiger charge is 2.46. The zero-order valence-corrected chi connectivity index (χ0v) is 16.6. The van der Waals surface area contributed by atoms with E-state index >= 15 is 0 Å². The van der Waals surface area contributed by atoms with E-state index in [-0.39, 0.29) is 42.9 Å². The molecule has 30 heavy (non-hydrogen) atoms. The fourth-order valence-electron chi connectivity index (χ4n) is 4.40. The van der Waals surface area contributed by atoms with Crippen LogP contribution in [-0.4, -0.2) is 44.0 Å². The highest BCUT2D eigenvalue weighted by molar-refractivity contribution is 5.94. The monoisotopic (exact) mass is 412 g/mol. The number of hydrogen-bond acceptors (Lipinski definition) is 3. The van der Waals surface area contributed by atoms with Crippen molar-refractivity contribution >= 4 is 11.6 Å². The number of fused-ring (bicyclic) bond motifs is 1. The third-order valence-electron chi connectivity index (χ3n) is 6.44. The minimum Gasteiger partial charge on any atom is -0.338 e. The summed E-state index contributed by atoms with van der Waals surface area (Å²) in [6.45, 7) is 0.169. The molecule has 2 fully saturated rings. The van der Waals surface area contributed by atoms with Gasteiger partial charge in [-0.15, -0.1) is 0 Å². The van der Waals surface area contributed by atoms with Crippen LogP contribution in [0.3, 0.4) is 0 Å². The first-order chi connectivity index (χ1) is 14.3. The van der Waals surface area contributed by atoms with E-state index in [2.05, 4.69) is 5.10 Å². The number of nitrogens with zero attached hydrogens (tertiary/aromatic N) is 4. The Balaban J connectivity index is 1.39. The summed E-state index contributed by atoms with van der Waals surface area (Å²) in [5.74, 6) is -2.87. The van der Waals surface area contributed by atoms with Crippen LogP contribution in [0.4, 0.5) is 8.78 Å². The number of aryl methyl sites for hydroxylation is 1. The molecule has 0 atom stereocenters. The van der Waals surface area contributed by atoms with Crippen LogP contribution in [0.25, 0.3) is 5.65 Å². The number of rotatable bonds is 3. The molecule has 0 radical (unpaired) electrons. The van der Waals surface area contributed by atoms with E-state index < -0.39 is 5.92 Å². The Morgan fingerprint density at radius 1 is 1.00 bits per heavy atom.